The summed E-state index contributed by atoms with van der Waals surface area (Å²) in [6.07, 6.45) is 6.35. The van der Waals surface area contributed by atoms with Gasteiger partial charge in [-0.25, -0.2) is 0 Å². The molecule has 1 aromatic heterocycles. The van der Waals surface area contributed by atoms with Crippen molar-refractivity contribution >= 4 is 5.91 Å². The number of nitrogens with zero attached hydrogens (tertiary/aromatic N) is 1. The van der Waals surface area contributed by atoms with E-state index in [-0.39, 0.29) is 11.3 Å². The van der Waals surface area contributed by atoms with Crippen LogP contribution >= 0.6 is 0 Å². The predicted molar refractivity (Wildman–Crippen MR) is 76.8 cm³/mol. The molecule has 1 aliphatic rings. The fourth-order valence-corrected chi connectivity index (χ4v) is 2.70. The van der Waals surface area contributed by atoms with Crippen LogP contribution in [0.5, 0.6) is 0 Å². The Balaban J connectivity index is 1.80. The Morgan fingerprint density at radius 2 is 2.16 bits per heavy atom. The van der Waals surface area contributed by atoms with Crippen LogP contribution in [0.25, 0.3) is 0 Å². The number of hydrogen-bond acceptors (Lipinski definition) is 2. The van der Waals surface area contributed by atoms with E-state index in [4.69, 9.17) is 0 Å². The summed E-state index contributed by atoms with van der Waals surface area (Å²) in [5.41, 5.74) is -0.288. The third-order valence-corrected chi connectivity index (χ3v) is 4.22. The maximum absolute atomic E-state index is 12.3. The van der Waals surface area contributed by atoms with E-state index in [1.165, 1.54) is 6.42 Å². The van der Waals surface area contributed by atoms with Gasteiger partial charge in [-0.2, -0.15) is 0 Å². The smallest absolute Gasteiger partial charge is 0.226 e. The quantitative estimate of drug-likeness (QED) is 0.848. The van der Waals surface area contributed by atoms with Gasteiger partial charge in [-0.05, 0) is 44.0 Å². The number of hydrogen-bond donors (Lipinski definition) is 2. The molecule has 1 aromatic rings. The van der Waals surface area contributed by atoms with Gasteiger partial charge in [0.15, 0.2) is 0 Å². The lowest BCUT2D eigenvalue weighted by Crippen LogP contribution is -2.47. The summed E-state index contributed by atoms with van der Waals surface area (Å²) in [6.45, 7) is 7.69. The summed E-state index contributed by atoms with van der Waals surface area (Å²) in [4.78, 5) is 12.3. The molecule has 1 saturated heterocycles. The van der Waals surface area contributed by atoms with E-state index in [1.807, 2.05) is 24.5 Å². The molecule has 19 heavy (non-hydrogen) atoms. The molecule has 106 valence electrons. The molecule has 4 nitrogen and oxygen atoms in total. The minimum atomic E-state index is -0.288. The first-order valence-electron chi connectivity index (χ1n) is 7.20. The largest absolute Gasteiger partial charge is 0.354 e. The van der Waals surface area contributed by atoms with Crippen molar-refractivity contribution in [1.82, 2.24) is 15.2 Å². The number of carbonyl (C=O) groups is 1. The fraction of sp³-hybridized carbons (Fsp3) is 0.667. The summed E-state index contributed by atoms with van der Waals surface area (Å²) in [6, 6.07) is 4.00. The van der Waals surface area contributed by atoms with E-state index in [0.717, 1.165) is 26.1 Å². The fourth-order valence-electron chi connectivity index (χ4n) is 2.70. The number of rotatable bonds is 5. The lowest BCUT2D eigenvalue weighted by atomic mass is 9.74. The first kappa shape index (κ1) is 14.1. The van der Waals surface area contributed by atoms with Crippen molar-refractivity contribution in [1.29, 1.82) is 0 Å². The van der Waals surface area contributed by atoms with Gasteiger partial charge < -0.3 is 15.2 Å². The van der Waals surface area contributed by atoms with Gasteiger partial charge in [-0.3, -0.25) is 4.79 Å². The van der Waals surface area contributed by atoms with Crippen LogP contribution in [-0.2, 0) is 11.3 Å². The highest BCUT2D eigenvalue weighted by Gasteiger charge is 2.36. The number of nitrogens with one attached hydrogen (secondary N) is 2. The second-order valence-corrected chi connectivity index (χ2v) is 5.94. The van der Waals surface area contributed by atoms with Crippen LogP contribution in [0.15, 0.2) is 24.5 Å². The maximum atomic E-state index is 12.3. The zero-order valence-electron chi connectivity index (χ0n) is 12.0. The van der Waals surface area contributed by atoms with Crippen molar-refractivity contribution in [3.8, 4) is 0 Å². The van der Waals surface area contributed by atoms with E-state index in [2.05, 4.69) is 29.0 Å². The first-order valence-corrected chi connectivity index (χ1v) is 7.20. The molecule has 0 aromatic carbocycles. The zero-order chi connectivity index (χ0) is 13.7. The number of aromatic nitrogens is 1. The number of carbonyl (C=O) groups excluding carboxylic acids is 1. The van der Waals surface area contributed by atoms with Gasteiger partial charge in [0.25, 0.3) is 0 Å². The van der Waals surface area contributed by atoms with Crippen LogP contribution in [-0.4, -0.2) is 30.1 Å². The maximum Gasteiger partial charge on any atom is 0.226 e. The molecule has 2 N–H and O–H groups in total. The lowest BCUT2D eigenvalue weighted by molar-refractivity contribution is -0.132. The van der Waals surface area contributed by atoms with Crippen molar-refractivity contribution in [2.45, 2.75) is 33.2 Å². The first-order chi connectivity index (χ1) is 9.10. The molecule has 2 heterocycles. The molecule has 1 atom stereocenters. The Morgan fingerprint density at radius 1 is 1.42 bits per heavy atom. The van der Waals surface area contributed by atoms with E-state index in [9.17, 15) is 4.79 Å². The SMILES string of the molecule is CC(C)(C(=O)NCCn1cccc1)C1CCCNC1. The van der Waals surface area contributed by atoms with Gasteiger partial charge in [0.1, 0.15) is 0 Å². The van der Waals surface area contributed by atoms with Crippen molar-refractivity contribution in [2.75, 3.05) is 19.6 Å². The molecule has 0 bridgehead atoms. The van der Waals surface area contributed by atoms with Gasteiger partial charge in [0.05, 0.1) is 0 Å². The second-order valence-electron chi connectivity index (χ2n) is 5.94. The normalized spacial score (nSPS) is 20.2. The molecule has 1 unspecified atom stereocenters. The third-order valence-electron chi connectivity index (χ3n) is 4.22. The number of piperidine rings is 1. The number of amides is 1. The Hall–Kier alpha value is -1.29. The van der Waals surface area contributed by atoms with E-state index in [1.54, 1.807) is 0 Å². The third kappa shape index (κ3) is 3.60. The average Bonchev–Trinajstić information content (AvgIpc) is 2.93. The summed E-state index contributed by atoms with van der Waals surface area (Å²) in [7, 11) is 0. The average molecular weight is 263 g/mol. The minimum absolute atomic E-state index is 0.174. The Bertz CT molecular complexity index is 392. The highest BCUT2D eigenvalue weighted by Crippen LogP contribution is 2.31. The van der Waals surface area contributed by atoms with Crippen molar-refractivity contribution in [3.05, 3.63) is 24.5 Å². The molecule has 0 aliphatic carbocycles. The topological polar surface area (TPSA) is 46.1 Å². The standard InChI is InChI=1S/C15H25N3O/c1-15(2,13-6-5-7-16-12-13)14(19)17-8-11-18-9-3-4-10-18/h3-4,9-10,13,16H,5-8,11-12H2,1-2H3,(H,17,19). The summed E-state index contributed by atoms with van der Waals surface area (Å²) in [5, 5.41) is 6.46. The molecule has 4 heteroatoms. The Kier molecular flexibility index (Phi) is 4.64. The van der Waals surface area contributed by atoms with Gasteiger partial charge in [0, 0.05) is 30.9 Å². The lowest BCUT2D eigenvalue weighted by Gasteiger charge is -2.36. The van der Waals surface area contributed by atoms with Gasteiger partial charge >= 0.3 is 0 Å². The molecule has 1 amide bonds. The monoisotopic (exact) mass is 263 g/mol. The van der Waals surface area contributed by atoms with Crippen molar-refractivity contribution < 1.29 is 4.79 Å². The van der Waals surface area contributed by atoms with Crippen LogP contribution in [0.4, 0.5) is 0 Å². The summed E-state index contributed by atoms with van der Waals surface area (Å²) in [5.74, 6) is 0.612. The minimum Gasteiger partial charge on any atom is -0.354 e. The molecule has 0 radical (unpaired) electrons. The zero-order valence-corrected chi connectivity index (χ0v) is 12.0. The van der Waals surface area contributed by atoms with E-state index >= 15 is 0 Å². The van der Waals surface area contributed by atoms with Gasteiger partial charge in [-0.15, -0.1) is 0 Å². The molecular weight excluding hydrogens is 238 g/mol. The second kappa shape index (κ2) is 6.24. The van der Waals surface area contributed by atoms with Crippen LogP contribution in [0, 0.1) is 11.3 Å². The highest BCUT2D eigenvalue weighted by molar-refractivity contribution is 5.82. The van der Waals surface area contributed by atoms with E-state index < -0.39 is 0 Å². The van der Waals surface area contributed by atoms with Crippen molar-refractivity contribution in [3.63, 3.8) is 0 Å². The predicted octanol–water partition coefficient (Wildman–Crippen LogP) is 1.63. The summed E-state index contributed by atoms with van der Waals surface area (Å²) >= 11 is 0. The van der Waals surface area contributed by atoms with Crippen molar-refractivity contribution in [2.24, 2.45) is 11.3 Å². The van der Waals surface area contributed by atoms with Gasteiger partial charge in [0.2, 0.25) is 5.91 Å². The molecular formula is C15H25N3O. The molecule has 0 spiro atoms. The molecule has 1 aliphatic heterocycles. The van der Waals surface area contributed by atoms with E-state index in [0.29, 0.717) is 12.5 Å². The van der Waals surface area contributed by atoms with Crippen LogP contribution in [0.2, 0.25) is 0 Å². The molecule has 0 saturated carbocycles. The molecule has 1 fully saturated rings. The Morgan fingerprint density at radius 3 is 2.79 bits per heavy atom. The van der Waals surface area contributed by atoms with Crippen LogP contribution in [0.1, 0.15) is 26.7 Å². The summed E-state index contributed by atoms with van der Waals surface area (Å²) < 4.78 is 2.08. The van der Waals surface area contributed by atoms with Crippen LogP contribution < -0.4 is 10.6 Å². The highest BCUT2D eigenvalue weighted by atomic mass is 16.2. The van der Waals surface area contributed by atoms with Crippen LogP contribution in [0.3, 0.4) is 0 Å². The Labute approximate surface area is 115 Å². The molecule has 2 rings (SSSR count). The van der Waals surface area contributed by atoms with Gasteiger partial charge in [-0.1, -0.05) is 13.8 Å².